The summed E-state index contributed by atoms with van der Waals surface area (Å²) in [7, 11) is 3.91. The number of amides is 1. The lowest BCUT2D eigenvalue weighted by Crippen LogP contribution is -2.37. The Hall–Kier alpha value is -0.870. The number of likely N-dealkylation sites (tertiary alicyclic amines) is 1. The lowest BCUT2D eigenvalue weighted by molar-refractivity contribution is -0.129. The van der Waals surface area contributed by atoms with Crippen LogP contribution in [0.1, 0.15) is 25.7 Å². The summed E-state index contributed by atoms with van der Waals surface area (Å²) >= 11 is 0. The SMILES string of the molecule is CNCC1CCN(CC(=O)N(C)C2=CCCC2)C1. The number of allylic oxidation sites excluding steroid dienone is 2. The highest BCUT2D eigenvalue weighted by Crippen LogP contribution is 2.21. The van der Waals surface area contributed by atoms with Crippen molar-refractivity contribution in [1.29, 1.82) is 0 Å². The summed E-state index contributed by atoms with van der Waals surface area (Å²) in [5.41, 5.74) is 1.21. The zero-order chi connectivity index (χ0) is 13.0. The van der Waals surface area contributed by atoms with Gasteiger partial charge in [0.25, 0.3) is 0 Å². The summed E-state index contributed by atoms with van der Waals surface area (Å²) in [6.07, 6.45) is 6.79. The summed E-state index contributed by atoms with van der Waals surface area (Å²) in [6, 6.07) is 0. The number of carbonyl (C=O) groups is 1. The molecule has 1 saturated heterocycles. The van der Waals surface area contributed by atoms with Crippen LogP contribution in [0.2, 0.25) is 0 Å². The second-order valence-electron chi connectivity index (χ2n) is 5.49. The van der Waals surface area contributed by atoms with E-state index >= 15 is 0 Å². The van der Waals surface area contributed by atoms with Crippen molar-refractivity contribution in [3.8, 4) is 0 Å². The van der Waals surface area contributed by atoms with Gasteiger partial charge in [0.1, 0.15) is 0 Å². The molecule has 1 N–H and O–H groups in total. The van der Waals surface area contributed by atoms with E-state index in [0.29, 0.717) is 12.5 Å². The molecule has 102 valence electrons. The van der Waals surface area contributed by atoms with E-state index in [4.69, 9.17) is 0 Å². The molecular formula is C14H25N3O. The first-order valence-electron chi connectivity index (χ1n) is 7.03. The highest BCUT2D eigenvalue weighted by molar-refractivity contribution is 5.79. The number of likely N-dealkylation sites (N-methyl/N-ethyl adjacent to an activating group) is 1. The largest absolute Gasteiger partial charge is 0.319 e. The number of rotatable bonds is 5. The van der Waals surface area contributed by atoms with E-state index < -0.39 is 0 Å². The minimum Gasteiger partial charge on any atom is -0.319 e. The average molecular weight is 251 g/mol. The molecule has 1 aliphatic carbocycles. The van der Waals surface area contributed by atoms with Gasteiger partial charge in [-0.3, -0.25) is 9.69 Å². The fourth-order valence-electron chi connectivity index (χ4n) is 2.93. The molecule has 0 aromatic heterocycles. The molecule has 1 fully saturated rings. The number of nitrogens with zero attached hydrogens (tertiary/aromatic N) is 2. The molecule has 18 heavy (non-hydrogen) atoms. The number of hydrogen-bond donors (Lipinski definition) is 1. The molecule has 0 saturated carbocycles. The molecule has 1 unspecified atom stereocenters. The molecule has 0 aromatic carbocycles. The molecule has 2 rings (SSSR count). The quantitative estimate of drug-likeness (QED) is 0.793. The molecule has 1 amide bonds. The molecule has 0 radical (unpaired) electrons. The van der Waals surface area contributed by atoms with Crippen molar-refractivity contribution in [3.05, 3.63) is 11.8 Å². The maximum atomic E-state index is 12.2. The first-order chi connectivity index (χ1) is 8.70. The smallest absolute Gasteiger partial charge is 0.240 e. The van der Waals surface area contributed by atoms with Gasteiger partial charge in [-0.05, 0) is 51.7 Å². The summed E-state index contributed by atoms with van der Waals surface area (Å²) in [5.74, 6) is 0.951. The van der Waals surface area contributed by atoms with Crippen molar-refractivity contribution >= 4 is 5.91 Å². The monoisotopic (exact) mass is 251 g/mol. The summed E-state index contributed by atoms with van der Waals surface area (Å²) < 4.78 is 0. The normalized spacial score (nSPS) is 24.3. The molecule has 1 atom stereocenters. The van der Waals surface area contributed by atoms with Gasteiger partial charge >= 0.3 is 0 Å². The van der Waals surface area contributed by atoms with Crippen molar-refractivity contribution in [2.45, 2.75) is 25.7 Å². The van der Waals surface area contributed by atoms with E-state index in [1.807, 2.05) is 19.0 Å². The van der Waals surface area contributed by atoms with Crippen molar-refractivity contribution in [1.82, 2.24) is 15.1 Å². The Balaban J connectivity index is 1.77. The lowest BCUT2D eigenvalue weighted by Gasteiger charge is -2.22. The fraction of sp³-hybridized carbons (Fsp3) is 0.786. The first-order valence-corrected chi connectivity index (χ1v) is 7.03. The second-order valence-corrected chi connectivity index (χ2v) is 5.49. The lowest BCUT2D eigenvalue weighted by atomic mass is 10.1. The van der Waals surface area contributed by atoms with Crippen LogP contribution >= 0.6 is 0 Å². The van der Waals surface area contributed by atoms with Crippen LogP contribution < -0.4 is 5.32 Å². The zero-order valence-corrected chi connectivity index (χ0v) is 11.6. The Labute approximate surface area is 110 Å². The summed E-state index contributed by atoms with van der Waals surface area (Å²) in [5, 5.41) is 3.22. The van der Waals surface area contributed by atoms with Crippen LogP contribution in [0.4, 0.5) is 0 Å². The number of hydrogen-bond acceptors (Lipinski definition) is 3. The van der Waals surface area contributed by atoms with Crippen molar-refractivity contribution in [3.63, 3.8) is 0 Å². The van der Waals surface area contributed by atoms with E-state index in [1.54, 1.807) is 0 Å². The molecule has 0 aromatic rings. The standard InChI is InChI=1S/C14H25N3O/c1-15-9-12-7-8-17(10-12)11-14(18)16(2)13-5-3-4-6-13/h5,12,15H,3-4,6-11H2,1-2H3. The van der Waals surface area contributed by atoms with Gasteiger partial charge in [-0.2, -0.15) is 0 Å². The van der Waals surface area contributed by atoms with Crippen molar-refractivity contribution < 1.29 is 4.79 Å². The summed E-state index contributed by atoms with van der Waals surface area (Å²) in [4.78, 5) is 16.3. The molecule has 4 nitrogen and oxygen atoms in total. The Kier molecular flexibility index (Phi) is 4.78. The van der Waals surface area contributed by atoms with Crippen LogP contribution in [0.15, 0.2) is 11.8 Å². The average Bonchev–Trinajstić information content (AvgIpc) is 3.00. The van der Waals surface area contributed by atoms with Gasteiger partial charge in [0.05, 0.1) is 6.54 Å². The number of carbonyl (C=O) groups excluding carboxylic acids is 1. The van der Waals surface area contributed by atoms with E-state index in [0.717, 1.165) is 32.5 Å². The van der Waals surface area contributed by atoms with Gasteiger partial charge in [-0.15, -0.1) is 0 Å². The van der Waals surface area contributed by atoms with Crippen LogP contribution in [-0.4, -0.2) is 56.0 Å². The van der Waals surface area contributed by atoms with Crippen LogP contribution in [-0.2, 0) is 4.79 Å². The van der Waals surface area contributed by atoms with Gasteiger partial charge in [0.2, 0.25) is 5.91 Å². The maximum Gasteiger partial charge on any atom is 0.240 e. The van der Waals surface area contributed by atoms with Gasteiger partial charge < -0.3 is 10.2 Å². The molecule has 2 aliphatic rings. The third kappa shape index (κ3) is 3.33. The molecule has 1 heterocycles. The van der Waals surface area contributed by atoms with E-state index in [1.165, 1.54) is 18.5 Å². The highest BCUT2D eigenvalue weighted by Gasteiger charge is 2.25. The third-order valence-corrected chi connectivity index (χ3v) is 4.04. The molecular weight excluding hydrogens is 226 g/mol. The predicted octanol–water partition coefficient (Wildman–Crippen LogP) is 1.05. The topological polar surface area (TPSA) is 35.6 Å². The Bertz CT molecular complexity index is 327. The van der Waals surface area contributed by atoms with Crippen LogP contribution in [0, 0.1) is 5.92 Å². The van der Waals surface area contributed by atoms with Crippen molar-refractivity contribution in [2.24, 2.45) is 5.92 Å². The Morgan fingerprint density at radius 2 is 2.44 bits per heavy atom. The second kappa shape index (κ2) is 6.34. The number of nitrogens with one attached hydrogen (secondary N) is 1. The summed E-state index contributed by atoms with van der Waals surface area (Å²) in [6.45, 7) is 3.75. The minimum absolute atomic E-state index is 0.244. The van der Waals surface area contributed by atoms with Crippen LogP contribution in [0.5, 0.6) is 0 Å². The van der Waals surface area contributed by atoms with E-state index in [9.17, 15) is 4.79 Å². The van der Waals surface area contributed by atoms with E-state index in [2.05, 4.69) is 16.3 Å². The minimum atomic E-state index is 0.244. The molecule has 4 heteroatoms. The van der Waals surface area contributed by atoms with E-state index in [-0.39, 0.29) is 5.91 Å². The maximum absolute atomic E-state index is 12.2. The molecule has 0 bridgehead atoms. The molecule has 1 aliphatic heterocycles. The van der Waals surface area contributed by atoms with Gasteiger partial charge in [0.15, 0.2) is 0 Å². The first kappa shape index (κ1) is 13.6. The zero-order valence-electron chi connectivity index (χ0n) is 11.6. The van der Waals surface area contributed by atoms with Crippen LogP contribution in [0.3, 0.4) is 0 Å². The van der Waals surface area contributed by atoms with Crippen molar-refractivity contribution in [2.75, 3.05) is 40.3 Å². The van der Waals surface area contributed by atoms with Gasteiger partial charge in [-0.1, -0.05) is 6.08 Å². The van der Waals surface area contributed by atoms with Crippen LogP contribution in [0.25, 0.3) is 0 Å². The third-order valence-electron chi connectivity index (χ3n) is 4.04. The highest BCUT2D eigenvalue weighted by atomic mass is 16.2. The van der Waals surface area contributed by atoms with Gasteiger partial charge in [-0.25, -0.2) is 0 Å². The molecule has 0 spiro atoms. The predicted molar refractivity (Wildman–Crippen MR) is 73.2 cm³/mol. The van der Waals surface area contributed by atoms with Gasteiger partial charge in [0, 0.05) is 19.3 Å². The fourth-order valence-corrected chi connectivity index (χ4v) is 2.93. The Morgan fingerprint density at radius 1 is 1.61 bits per heavy atom. The Morgan fingerprint density at radius 3 is 3.11 bits per heavy atom.